The normalized spacial score (nSPS) is 12.7. The average Bonchev–Trinajstić information content (AvgIpc) is 3.29. The predicted molar refractivity (Wildman–Crippen MR) is 278 cm³/mol. The van der Waals surface area contributed by atoms with Crippen LogP contribution in [-0.4, -0.2) is 118 Å². The second kappa shape index (κ2) is 32.5. The van der Waals surface area contributed by atoms with Crippen molar-refractivity contribution in [2.75, 3.05) is 57.9 Å². The van der Waals surface area contributed by atoms with Gasteiger partial charge in [0.1, 0.15) is 18.7 Å². The molecule has 9 amide bonds. The number of unbranched alkanes of at least 4 members (excludes halogenated alkanes) is 2. The van der Waals surface area contributed by atoms with E-state index in [2.05, 4.69) is 49.5 Å². The number of primary amides is 1. The van der Waals surface area contributed by atoms with E-state index in [9.17, 15) is 38.4 Å². The summed E-state index contributed by atoms with van der Waals surface area (Å²) in [6.07, 6.45) is 5.10. The molecule has 0 saturated carbocycles. The Morgan fingerprint density at radius 1 is 0.639 bits per heavy atom. The first-order valence-electron chi connectivity index (χ1n) is 25.6. The highest BCUT2D eigenvalue weighted by Gasteiger charge is 2.37. The molecule has 0 aliphatic carbocycles. The van der Waals surface area contributed by atoms with E-state index < -0.39 is 63.7 Å². The molecule has 0 spiro atoms. The number of anilines is 1. The Bertz CT molecular complexity index is 1870. The minimum atomic E-state index is -1.07. The second-order valence-electron chi connectivity index (χ2n) is 21.6. The van der Waals surface area contributed by atoms with Crippen LogP contribution >= 0.6 is 0 Å². The van der Waals surface area contributed by atoms with Crippen molar-refractivity contribution in [2.24, 2.45) is 27.9 Å². The molecule has 1 aromatic rings. The van der Waals surface area contributed by atoms with Crippen molar-refractivity contribution in [3.63, 3.8) is 0 Å². The van der Waals surface area contributed by atoms with Gasteiger partial charge >= 0.3 is 12.1 Å². The lowest BCUT2D eigenvalue weighted by Gasteiger charge is -2.33. The second-order valence-corrected chi connectivity index (χ2v) is 21.6. The number of rotatable bonds is 36. The molecule has 20 nitrogen and oxygen atoms in total. The van der Waals surface area contributed by atoms with E-state index in [0.29, 0.717) is 76.3 Å². The Balaban J connectivity index is 2.80. The third-order valence-corrected chi connectivity index (χ3v) is 11.8. The van der Waals surface area contributed by atoms with Crippen LogP contribution < -0.4 is 48.3 Å². The molecule has 1 rings (SSSR count). The summed E-state index contributed by atoms with van der Waals surface area (Å²) in [5.74, 6) is -2.09. The molecule has 410 valence electrons. The van der Waals surface area contributed by atoms with Crippen LogP contribution in [0.1, 0.15) is 153 Å². The highest BCUT2D eigenvalue weighted by atomic mass is 16.5. The SMILES string of the molecule is CCCCCC(=O)NCCOCCNC(=O)OCc1ccc(NC(=O)[C@H](CCCNC(N)=O)NC(=O)[C@@H](NC(=O)C(C)(C)CCC(C)(C)C(=O)NCC(C)(C)COCC(C)(C)NC(=O)CCC)C(C)C)cc1. The zero-order chi connectivity index (χ0) is 54.5. The van der Waals surface area contributed by atoms with E-state index in [1.165, 1.54) is 0 Å². The van der Waals surface area contributed by atoms with Crippen molar-refractivity contribution >= 4 is 53.3 Å². The molecule has 1 aromatic carbocycles. The molecule has 0 bridgehead atoms. The summed E-state index contributed by atoms with van der Waals surface area (Å²) < 4.78 is 16.7. The van der Waals surface area contributed by atoms with Gasteiger partial charge in [-0.2, -0.15) is 0 Å². The number of carbonyl (C=O) groups excluding carboxylic acids is 8. The first-order valence-corrected chi connectivity index (χ1v) is 25.6. The van der Waals surface area contributed by atoms with E-state index in [4.69, 9.17) is 19.9 Å². The highest BCUT2D eigenvalue weighted by molar-refractivity contribution is 5.98. The maximum Gasteiger partial charge on any atom is 0.407 e. The Morgan fingerprint density at radius 2 is 1.26 bits per heavy atom. The summed E-state index contributed by atoms with van der Waals surface area (Å²) in [7, 11) is 0. The monoisotopic (exact) mass is 1020 g/mol. The van der Waals surface area contributed by atoms with Crippen molar-refractivity contribution < 1.29 is 52.6 Å². The van der Waals surface area contributed by atoms with Gasteiger partial charge in [-0.25, -0.2) is 9.59 Å². The van der Waals surface area contributed by atoms with Crippen LogP contribution in [0, 0.1) is 22.2 Å². The van der Waals surface area contributed by atoms with Gasteiger partial charge in [0.15, 0.2) is 0 Å². The van der Waals surface area contributed by atoms with Gasteiger partial charge in [-0.3, -0.25) is 28.8 Å². The highest BCUT2D eigenvalue weighted by Crippen LogP contribution is 2.32. The van der Waals surface area contributed by atoms with E-state index in [-0.39, 0.29) is 56.4 Å². The molecule has 2 atom stereocenters. The van der Waals surface area contributed by atoms with Gasteiger partial charge < -0.3 is 62.5 Å². The molecule has 20 heteroatoms. The number of nitrogens with two attached hydrogens (primary N) is 1. The van der Waals surface area contributed by atoms with Gasteiger partial charge in [-0.1, -0.05) is 94.2 Å². The fraction of sp³-hybridized carbons (Fsp3) is 0.731. The van der Waals surface area contributed by atoms with Crippen LogP contribution in [0.3, 0.4) is 0 Å². The molecular weight excluding hydrogens is 927 g/mol. The molecule has 0 fully saturated rings. The van der Waals surface area contributed by atoms with Crippen LogP contribution in [-0.2, 0) is 49.6 Å². The van der Waals surface area contributed by atoms with Gasteiger partial charge in [0.05, 0.1) is 32.0 Å². The lowest BCUT2D eigenvalue weighted by molar-refractivity contribution is -0.137. The first kappa shape index (κ1) is 64.5. The summed E-state index contributed by atoms with van der Waals surface area (Å²) in [4.78, 5) is 102. The number of urea groups is 1. The quantitative estimate of drug-likeness (QED) is 0.0388. The van der Waals surface area contributed by atoms with Crippen molar-refractivity contribution in [2.45, 2.75) is 172 Å². The van der Waals surface area contributed by atoms with Crippen molar-refractivity contribution in [1.82, 2.24) is 37.2 Å². The van der Waals surface area contributed by atoms with Crippen molar-refractivity contribution in [1.29, 1.82) is 0 Å². The minimum Gasteiger partial charge on any atom is -0.445 e. The van der Waals surface area contributed by atoms with E-state index >= 15 is 0 Å². The fourth-order valence-electron chi connectivity index (χ4n) is 6.99. The average molecular weight is 1020 g/mol. The van der Waals surface area contributed by atoms with Crippen LogP contribution in [0.15, 0.2) is 24.3 Å². The third kappa shape index (κ3) is 27.9. The van der Waals surface area contributed by atoms with Crippen molar-refractivity contribution in [3.8, 4) is 0 Å². The minimum absolute atomic E-state index is 0.00502. The van der Waals surface area contributed by atoms with E-state index in [0.717, 1.165) is 25.7 Å². The summed E-state index contributed by atoms with van der Waals surface area (Å²) >= 11 is 0. The largest absolute Gasteiger partial charge is 0.445 e. The molecule has 0 aliphatic heterocycles. The van der Waals surface area contributed by atoms with Gasteiger partial charge in [0.25, 0.3) is 0 Å². The molecule has 0 aromatic heterocycles. The standard InChI is InChI=1S/C52H91N9O11/c1-13-15-16-20-40(62)54-28-30-70-31-29-56-48(69)72-32-37-21-23-38(24-22-37)58-43(64)39(19-17-27-55-47(53)68)59-44(65)42(36(3)4)60-46(67)51(9,10)26-25-50(7,8)45(66)57-33-49(5,6)34-71-35-52(11,12)61-41(63)18-14-2/h21-24,36,39,42H,13-20,25-35H2,1-12H3,(H,54,62)(H,56,69)(H,57,66)(H,58,64)(H,59,65)(H,60,67)(H,61,63)(H3,53,55,68)/t39-,42-/m0/s1. The zero-order valence-corrected chi connectivity index (χ0v) is 45.5. The van der Waals surface area contributed by atoms with Crippen LogP contribution in [0.5, 0.6) is 0 Å². The molecule has 0 radical (unpaired) electrons. The van der Waals surface area contributed by atoms with Gasteiger partial charge in [0.2, 0.25) is 35.4 Å². The summed E-state index contributed by atoms with van der Waals surface area (Å²) in [6.45, 7) is 24.8. The molecular formula is C52H91N9O11. The topological polar surface area (TPSA) is 287 Å². The van der Waals surface area contributed by atoms with Gasteiger partial charge in [-0.05, 0) is 76.0 Å². The number of alkyl carbamates (subject to hydrolysis) is 1. The Kier molecular flexibility index (Phi) is 29.2. The van der Waals surface area contributed by atoms with Gasteiger partial charge in [-0.15, -0.1) is 0 Å². The van der Waals surface area contributed by atoms with Crippen LogP contribution in [0.4, 0.5) is 15.3 Å². The number of benzene rings is 1. The molecule has 72 heavy (non-hydrogen) atoms. The van der Waals surface area contributed by atoms with Crippen molar-refractivity contribution in [3.05, 3.63) is 29.8 Å². The summed E-state index contributed by atoms with van der Waals surface area (Å²) in [5, 5.41) is 22.4. The zero-order valence-electron chi connectivity index (χ0n) is 45.5. The third-order valence-electron chi connectivity index (χ3n) is 11.8. The molecule has 0 heterocycles. The van der Waals surface area contributed by atoms with Crippen LogP contribution in [0.25, 0.3) is 0 Å². The fourth-order valence-corrected chi connectivity index (χ4v) is 6.99. The predicted octanol–water partition coefficient (Wildman–Crippen LogP) is 5.33. The Morgan fingerprint density at radius 3 is 1.86 bits per heavy atom. The molecule has 0 saturated heterocycles. The number of hydrogen-bond donors (Lipinski definition) is 9. The molecule has 0 unspecified atom stereocenters. The van der Waals surface area contributed by atoms with E-state index in [1.54, 1.807) is 52.0 Å². The molecule has 10 N–H and O–H groups in total. The van der Waals surface area contributed by atoms with Crippen LogP contribution in [0.2, 0.25) is 0 Å². The summed E-state index contributed by atoms with van der Waals surface area (Å²) in [6, 6.07) is 3.79. The number of nitrogens with one attached hydrogen (secondary N) is 8. The molecule has 0 aliphatic rings. The number of hydrogen-bond acceptors (Lipinski definition) is 11. The van der Waals surface area contributed by atoms with Gasteiger partial charge in [0, 0.05) is 61.0 Å². The Labute approximate surface area is 429 Å². The Hall–Kier alpha value is -5.50. The lowest BCUT2D eigenvalue weighted by Crippen LogP contribution is -2.56. The van der Waals surface area contributed by atoms with E-state index in [1.807, 2.05) is 48.5 Å². The number of amides is 9. The first-order chi connectivity index (χ1) is 33.6. The number of ether oxygens (including phenoxy) is 3. The lowest BCUT2D eigenvalue weighted by atomic mass is 9.77. The number of carbonyl (C=O) groups is 8. The smallest absolute Gasteiger partial charge is 0.407 e. The maximum atomic E-state index is 13.9. The maximum absolute atomic E-state index is 13.9. The summed E-state index contributed by atoms with van der Waals surface area (Å²) in [5.41, 5.74) is 3.52.